The van der Waals surface area contributed by atoms with Crippen LogP contribution in [0.1, 0.15) is 36.7 Å². The number of benzene rings is 2. The molecule has 1 saturated carbocycles. The van der Waals surface area contributed by atoms with Gasteiger partial charge in [0.25, 0.3) is 5.56 Å². The summed E-state index contributed by atoms with van der Waals surface area (Å²) in [7, 11) is 0. The van der Waals surface area contributed by atoms with Crippen LogP contribution in [0.25, 0.3) is 10.9 Å². The molecule has 10 nitrogen and oxygen atoms in total. The van der Waals surface area contributed by atoms with Gasteiger partial charge in [0.1, 0.15) is 36.3 Å². The molecular formula is C30H36N2O8. The highest BCUT2D eigenvalue weighted by Gasteiger charge is 2.30. The van der Waals surface area contributed by atoms with Gasteiger partial charge in [0.05, 0.1) is 63.0 Å². The van der Waals surface area contributed by atoms with Crippen molar-refractivity contribution in [2.24, 2.45) is 0 Å². The minimum absolute atomic E-state index is 0.0831. The van der Waals surface area contributed by atoms with E-state index in [1.165, 1.54) is 10.1 Å². The number of Topliss-reactive ketones (excluding diaryl/α,β-unsaturated/α-hetero) is 2. The Labute approximate surface area is 233 Å². The average Bonchev–Trinajstić information content (AvgIpc) is 2.93. The lowest BCUT2D eigenvalue weighted by Gasteiger charge is -2.24. The summed E-state index contributed by atoms with van der Waals surface area (Å²) >= 11 is 0. The lowest BCUT2D eigenvalue weighted by Crippen LogP contribution is -2.36. The number of aromatic nitrogens is 2. The van der Waals surface area contributed by atoms with Crippen molar-refractivity contribution in [3.63, 3.8) is 0 Å². The van der Waals surface area contributed by atoms with Gasteiger partial charge in [-0.3, -0.25) is 19.0 Å². The van der Waals surface area contributed by atoms with Crippen LogP contribution in [0.4, 0.5) is 0 Å². The first kappa shape index (κ1) is 29.4. The molecule has 1 aliphatic carbocycles. The van der Waals surface area contributed by atoms with Crippen LogP contribution in [-0.2, 0) is 23.8 Å². The number of ketones is 2. The molecule has 1 unspecified atom stereocenters. The molecule has 0 N–H and O–H groups in total. The Morgan fingerprint density at radius 3 is 1.98 bits per heavy atom. The lowest BCUT2D eigenvalue weighted by atomic mass is 9.92. The predicted octanol–water partition coefficient (Wildman–Crippen LogP) is 3.38. The number of ether oxygens (including phenoxy) is 5. The van der Waals surface area contributed by atoms with E-state index in [9.17, 15) is 14.4 Å². The zero-order valence-corrected chi connectivity index (χ0v) is 23.1. The first-order valence-corrected chi connectivity index (χ1v) is 13.5. The number of aryl methyl sites for hydroxylation is 2. The molecule has 0 aliphatic heterocycles. The van der Waals surface area contributed by atoms with Crippen molar-refractivity contribution in [3.8, 4) is 11.5 Å². The van der Waals surface area contributed by atoms with E-state index < -0.39 is 6.04 Å². The number of carbonyl (C=O) groups is 2. The summed E-state index contributed by atoms with van der Waals surface area (Å²) in [6.45, 7) is 7.26. The van der Waals surface area contributed by atoms with Gasteiger partial charge in [-0.05, 0) is 44.5 Å². The number of hydrogen-bond donors (Lipinski definition) is 0. The molecule has 3 aromatic rings. The Morgan fingerprint density at radius 1 is 0.775 bits per heavy atom. The Morgan fingerprint density at radius 2 is 1.35 bits per heavy atom. The van der Waals surface area contributed by atoms with Crippen LogP contribution in [0.3, 0.4) is 0 Å². The highest BCUT2D eigenvalue weighted by molar-refractivity contribution is 6.03. The Balaban J connectivity index is 1.09. The molecular weight excluding hydrogens is 516 g/mol. The second-order valence-corrected chi connectivity index (χ2v) is 9.60. The van der Waals surface area contributed by atoms with Crippen LogP contribution in [-0.4, -0.2) is 74.0 Å². The molecule has 1 heterocycles. The average molecular weight is 553 g/mol. The van der Waals surface area contributed by atoms with Crippen LogP contribution in [0.15, 0.2) is 47.3 Å². The molecule has 1 aromatic heterocycles. The van der Waals surface area contributed by atoms with Gasteiger partial charge in [-0.1, -0.05) is 17.7 Å². The highest BCUT2D eigenvalue weighted by atomic mass is 16.6. The fraction of sp³-hybridized carbons (Fsp3) is 0.467. The molecule has 0 spiro atoms. The third kappa shape index (κ3) is 8.20. The molecule has 40 heavy (non-hydrogen) atoms. The van der Waals surface area contributed by atoms with E-state index >= 15 is 0 Å². The van der Waals surface area contributed by atoms with Crippen molar-refractivity contribution in [1.29, 1.82) is 0 Å². The van der Waals surface area contributed by atoms with E-state index in [-0.39, 0.29) is 23.5 Å². The fourth-order valence-electron chi connectivity index (χ4n) is 4.49. The Hall–Kier alpha value is -3.60. The topological polar surface area (TPSA) is 115 Å². The summed E-state index contributed by atoms with van der Waals surface area (Å²) in [4.78, 5) is 41.6. The lowest BCUT2D eigenvalue weighted by molar-refractivity contribution is -0.132. The standard InChI is InChI=1S/C30H36N2O8/c1-21-3-6-24(7-4-21)39-17-15-37-13-11-36-12-14-38-16-18-40-25-8-9-26-27(20-25)31-22(2)32(30(26)35)28-10-5-23(33)19-29(28)34/h3-4,6-9,20,28H,5,10-19H2,1-2H3. The number of carbonyl (C=O) groups excluding carboxylic acids is 2. The molecule has 1 aliphatic rings. The molecule has 1 fully saturated rings. The van der Waals surface area contributed by atoms with Crippen molar-refractivity contribution in [1.82, 2.24) is 9.55 Å². The van der Waals surface area contributed by atoms with Gasteiger partial charge in [-0.25, -0.2) is 4.98 Å². The Bertz CT molecular complexity index is 1350. The fourth-order valence-corrected chi connectivity index (χ4v) is 4.49. The number of rotatable bonds is 15. The molecule has 0 amide bonds. The molecule has 4 rings (SSSR count). The molecule has 0 radical (unpaired) electrons. The maximum Gasteiger partial charge on any atom is 0.262 e. The van der Waals surface area contributed by atoms with Crippen LogP contribution in [0.5, 0.6) is 11.5 Å². The smallest absolute Gasteiger partial charge is 0.262 e. The monoisotopic (exact) mass is 552 g/mol. The molecule has 1 atom stereocenters. The SMILES string of the molecule is Cc1ccc(OCCOCCOCCOCCOc2ccc3c(=O)n(C4CCC(=O)CC4=O)c(C)nc3c2)cc1. The summed E-state index contributed by atoms with van der Waals surface area (Å²) in [6, 6.07) is 12.3. The maximum atomic E-state index is 13.1. The highest BCUT2D eigenvalue weighted by Crippen LogP contribution is 2.25. The van der Waals surface area contributed by atoms with E-state index in [1.54, 1.807) is 25.1 Å². The van der Waals surface area contributed by atoms with Gasteiger partial charge >= 0.3 is 0 Å². The summed E-state index contributed by atoms with van der Waals surface area (Å²) in [6.07, 6.45) is 0.492. The van der Waals surface area contributed by atoms with Crippen molar-refractivity contribution >= 4 is 22.5 Å². The van der Waals surface area contributed by atoms with E-state index in [4.69, 9.17) is 23.7 Å². The largest absolute Gasteiger partial charge is 0.491 e. The van der Waals surface area contributed by atoms with Crippen molar-refractivity contribution in [2.75, 3.05) is 52.9 Å². The van der Waals surface area contributed by atoms with Crippen LogP contribution in [0.2, 0.25) is 0 Å². The molecule has 214 valence electrons. The summed E-state index contributed by atoms with van der Waals surface area (Å²) in [5.74, 6) is 1.52. The maximum absolute atomic E-state index is 13.1. The number of fused-ring (bicyclic) bond motifs is 1. The first-order valence-electron chi connectivity index (χ1n) is 13.5. The van der Waals surface area contributed by atoms with Gasteiger partial charge in [-0.15, -0.1) is 0 Å². The number of nitrogens with zero attached hydrogens (tertiary/aromatic N) is 2. The first-order chi connectivity index (χ1) is 19.4. The zero-order valence-electron chi connectivity index (χ0n) is 23.1. The summed E-state index contributed by atoms with van der Waals surface area (Å²) < 4.78 is 29.3. The van der Waals surface area contributed by atoms with Gasteiger partial charge in [0.2, 0.25) is 0 Å². The van der Waals surface area contributed by atoms with Crippen molar-refractivity contribution in [3.05, 3.63) is 64.2 Å². The van der Waals surface area contributed by atoms with Crippen LogP contribution in [0, 0.1) is 13.8 Å². The normalized spacial score (nSPS) is 15.5. The van der Waals surface area contributed by atoms with E-state index in [0.717, 1.165) is 5.75 Å². The van der Waals surface area contributed by atoms with Crippen molar-refractivity contribution in [2.45, 2.75) is 39.2 Å². The Kier molecular flexibility index (Phi) is 10.8. The molecule has 2 aromatic carbocycles. The molecule has 0 bridgehead atoms. The zero-order chi connectivity index (χ0) is 28.3. The minimum atomic E-state index is -0.643. The minimum Gasteiger partial charge on any atom is -0.491 e. The second-order valence-electron chi connectivity index (χ2n) is 9.60. The second kappa shape index (κ2) is 14.7. The van der Waals surface area contributed by atoms with E-state index in [2.05, 4.69) is 4.98 Å². The predicted molar refractivity (Wildman–Crippen MR) is 148 cm³/mol. The van der Waals surface area contributed by atoms with Gasteiger partial charge in [0.15, 0.2) is 5.78 Å². The van der Waals surface area contributed by atoms with Gasteiger partial charge in [0, 0.05) is 12.5 Å². The summed E-state index contributed by atoms with van der Waals surface area (Å²) in [5.41, 5.74) is 1.40. The summed E-state index contributed by atoms with van der Waals surface area (Å²) in [5, 5.41) is 0.402. The third-order valence-electron chi connectivity index (χ3n) is 6.56. The van der Waals surface area contributed by atoms with Gasteiger partial charge in [-0.2, -0.15) is 0 Å². The van der Waals surface area contributed by atoms with E-state index in [0.29, 0.717) is 88.2 Å². The molecule has 10 heteroatoms. The quantitative estimate of drug-likeness (QED) is 0.207. The van der Waals surface area contributed by atoms with Crippen LogP contribution < -0.4 is 15.0 Å². The molecule has 0 saturated heterocycles. The third-order valence-corrected chi connectivity index (χ3v) is 6.56. The van der Waals surface area contributed by atoms with Crippen LogP contribution >= 0.6 is 0 Å². The number of hydrogen-bond acceptors (Lipinski definition) is 9. The van der Waals surface area contributed by atoms with Crippen molar-refractivity contribution < 1.29 is 33.3 Å². The van der Waals surface area contributed by atoms with Gasteiger partial charge < -0.3 is 23.7 Å². The van der Waals surface area contributed by atoms with E-state index in [1.807, 2.05) is 31.2 Å².